The van der Waals surface area contributed by atoms with Gasteiger partial charge in [0.25, 0.3) is 0 Å². The molecule has 29 heavy (non-hydrogen) atoms. The molecule has 0 aromatic heterocycles. The molecule has 0 bridgehead atoms. The van der Waals surface area contributed by atoms with E-state index < -0.39 is 0 Å². The lowest BCUT2D eigenvalue weighted by atomic mass is 10.2. The first-order chi connectivity index (χ1) is 14.0. The van der Waals surface area contributed by atoms with E-state index in [2.05, 4.69) is 47.6 Å². The van der Waals surface area contributed by atoms with Crippen LogP contribution in [0.3, 0.4) is 0 Å². The molecule has 2 rings (SSSR count). The van der Waals surface area contributed by atoms with Crippen LogP contribution in [0.1, 0.15) is 24.5 Å². The summed E-state index contributed by atoms with van der Waals surface area (Å²) in [5.74, 6) is -0.0590. The van der Waals surface area contributed by atoms with Gasteiger partial charge in [0.1, 0.15) is 0 Å². The van der Waals surface area contributed by atoms with E-state index in [1.165, 1.54) is 5.56 Å². The highest BCUT2D eigenvalue weighted by Gasteiger charge is 2.10. The van der Waals surface area contributed by atoms with E-state index >= 15 is 0 Å². The molecule has 3 amide bonds. The van der Waals surface area contributed by atoms with E-state index in [0.717, 1.165) is 24.3 Å². The number of rotatable bonds is 10. The van der Waals surface area contributed by atoms with Crippen molar-refractivity contribution >= 4 is 17.6 Å². The van der Waals surface area contributed by atoms with Crippen molar-refractivity contribution in [3.05, 3.63) is 65.7 Å². The normalized spacial score (nSPS) is 10.3. The summed E-state index contributed by atoms with van der Waals surface area (Å²) in [6.07, 6.45) is 0.265. The molecule has 6 nitrogen and oxygen atoms in total. The third-order valence-electron chi connectivity index (χ3n) is 4.69. The van der Waals surface area contributed by atoms with E-state index in [-0.39, 0.29) is 18.4 Å². The third kappa shape index (κ3) is 7.86. The van der Waals surface area contributed by atoms with E-state index in [9.17, 15) is 9.59 Å². The van der Waals surface area contributed by atoms with Crippen LogP contribution in [0.5, 0.6) is 0 Å². The molecule has 2 N–H and O–H groups in total. The number of hydrogen-bond acceptors (Lipinski definition) is 3. The van der Waals surface area contributed by atoms with Crippen molar-refractivity contribution < 1.29 is 9.59 Å². The molecule has 156 valence electrons. The smallest absolute Gasteiger partial charge is 0.317 e. The average molecular weight is 397 g/mol. The zero-order valence-electron chi connectivity index (χ0n) is 17.6. The highest BCUT2D eigenvalue weighted by Crippen LogP contribution is 2.14. The fourth-order valence-corrected chi connectivity index (χ4v) is 3.06. The van der Waals surface area contributed by atoms with Gasteiger partial charge < -0.3 is 20.4 Å². The number of anilines is 1. The van der Waals surface area contributed by atoms with Gasteiger partial charge in [-0.1, -0.05) is 42.5 Å². The monoisotopic (exact) mass is 396 g/mol. The molecule has 0 saturated carbocycles. The topological polar surface area (TPSA) is 64.7 Å². The van der Waals surface area contributed by atoms with Crippen LogP contribution in [0, 0.1) is 6.92 Å². The molecule has 0 unspecified atom stereocenters. The number of carbonyl (C=O) groups is 2. The second kappa shape index (κ2) is 11.7. The SMILES string of the molecule is CCN(CCNC(=O)CCNC(=O)N(C)Cc1ccccc1)c1cccc(C)c1. The maximum atomic E-state index is 12.1. The number of carbonyl (C=O) groups excluding carboxylic acids is 2. The van der Waals surface area contributed by atoms with Crippen LogP contribution in [0.4, 0.5) is 10.5 Å². The van der Waals surface area contributed by atoms with Crippen LogP contribution < -0.4 is 15.5 Å². The molecule has 0 fully saturated rings. The summed E-state index contributed by atoms with van der Waals surface area (Å²) in [4.78, 5) is 28.0. The van der Waals surface area contributed by atoms with Crippen molar-refractivity contribution in [3.63, 3.8) is 0 Å². The Balaban J connectivity index is 1.64. The summed E-state index contributed by atoms with van der Waals surface area (Å²) < 4.78 is 0. The van der Waals surface area contributed by atoms with E-state index in [1.807, 2.05) is 36.4 Å². The van der Waals surface area contributed by atoms with E-state index in [4.69, 9.17) is 0 Å². The molecule has 2 aromatic rings. The predicted octanol–water partition coefficient (Wildman–Crippen LogP) is 3.17. The molecule has 0 aliphatic rings. The highest BCUT2D eigenvalue weighted by molar-refractivity contribution is 5.78. The quantitative estimate of drug-likeness (QED) is 0.648. The number of nitrogens with one attached hydrogen (secondary N) is 2. The van der Waals surface area contributed by atoms with Gasteiger partial charge in [0.2, 0.25) is 5.91 Å². The van der Waals surface area contributed by atoms with Crippen molar-refractivity contribution in [2.75, 3.05) is 38.1 Å². The van der Waals surface area contributed by atoms with Crippen LogP contribution in [0.25, 0.3) is 0 Å². The molecule has 0 aliphatic carbocycles. The number of benzene rings is 2. The van der Waals surface area contributed by atoms with Gasteiger partial charge in [0.05, 0.1) is 0 Å². The standard InChI is InChI=1S/C23H32N4O2/c1-4-27(21-12-8-9-19(2)17-21)16-15-24-22(28)13-14-25-23(29)26(3)18-20-10-6-5-7-11-20/h5-12,17H,4,13-16,18H2,1-3H3,(H,24,28)(H,25,29). The third-order valence-corrected chi connectivity index (χ3v) is 4.69. The van der Waals surface area contributed by atoms with Crippen LogP contribution in [-0.4, -0.2) is 50.1 Å². The highest BCUT2D eigenvalue weighted by atomic mass is 16.2. The Morgan fingerprint density at radius 3 is 2.41 bits per heavy atom. The summed E-state index contributed by atoms with van der Waals surface area (Å²) in [7, 11) is 1.74. The predicted molar refractivity (Wildman–Crippen MR) is 118 cm³/mol. The van der Waals surface area contributed by atoms with Crippen molar-refractivity contribution in [1.82, 2.24) is 15.5 Å². The first-order valence-electron chi connectivity index (χ1n) is 10.1. The van der Waals surface area contributed by atoms with Crippen molar-refractivity contribution in [3.8, 4) is 0 Å². The maximum Gasteiger partial charge on any atom is 0.317 e. The minimum absolute atomic E-state index is 0.0590. The fraction of sp³-hybridized carbons (Fsp3) is 0.391. The molecular weight excluding hydrogens is 364 g/mol. The van der Waals surface area contributed by atoms with Crippen LogP contribution in [0.15, 0.2) is 54.6 Å². The Kier molecular flexibility index (Phi) is 9.02. The zero-order valence-corrected chi connectivity index (χ0v) is 17.6. The number of aryl methyl sites for hydroxylation is 1. The van der Waals surface area contributed by atoms with E-state index in [0.29, 0.717) is 19.6 Å². The molecule has 6 heteroatoms. The lowest BCUT2D eigenvalue weighted by molar-refractivity contribution is -0.120. The minimum atomic E-state index is -0.182. The summed E-state index contributed by atoms with van der Waals surface area (Å²) in [6.45, 7) is 7.23. The first-order valence-corrected chi connectivity index (χ1v) is 10.1. The number of urea groups is 1. The van der Waals surface area contributed by atoms with E-state index in [1.54, 1.807) is 11.9 Å². The molecule has 0 spiro atoms. The molecule has 0 saturated heterocycles. The second-order valence-electron chi connectivity index (χ2n) is 7.09. The Bertz CT molecular complexity index is 779. The molecule has 2 aromatic carbocycles. The first kappa shape index (κ1) is 22.3. The lowest BCUT2D eigenvalue weighted by Gasteiger charge is -2.23. The van der Waals surface area contributed by atoms with Gasteiger partial charge in [0.15, 0.2) is 0 Å². The second-order valence-corrected chi connectivity index (χ2v) is 7.09. The number of hydrogen-bond donors (Lipinski definition) is 2. The Morgan fingerprint density at radius 2 is 1.72 bits per heavy atom. The van der Waals surface area contributed by atoms with Crippen molar-refractivity contribution in [1.29, 1.82) is 0 Å². The van der Waals surface area contributed by atoms with Crippen LogP contribution in [0.2, 0.25) is 0 Å². The van der Waals surface area contributed by atoms with Gasteiger partial charge in [-0.05, 0) is 37.1 Å². The van der Waals surface area contributed by atoms with Crippen molar-refractivity contribution in [2.24, 2.45) is 0 Å². The minimum Gasteiger partial charge on any atom is -0.370 e. The number of amides is 3. The van der Waals surface area contributed by atoms with Crippen LogP contribution in [-0.2, 0) is 11.3 Å². The van der Waals surface area contributed by atoms with Gasteiger partial charge in [0, 0.05) is 51.9 Å². The number of nitrogens with zero attached hydrogens (tertiary/aromatic N) is 2. The summed E-state index contributed by atoms with van der Waals surface area (Å²) in [6, 6.07) is 18.0. The van der Waals surface area contributed by atoms with Crippen molar-refractivity contribution in [2.45, 2.75) is 26.8 Å². The Labute approximate surface area is 173 Å². The van der Waals surface area contributed by atoms with Gasteiger partial charge in [-0.2, -0.15) is 0 Å². The van der Waals surface area contributed by atoms with Crippen LogP contribution >= 0.6 is 0 Å². The maximum absolute atomic E-state index is 12.1. The summed E-state index contributed by atoms with van der Waals surface area (Å²) in [5.41, 5.74) is 3.45. The van der Waals surface area contributed by atoms with Gasteiger partial charge in [-0.3, -0.25) is 4.79 Å². The molecule has 0 heterocycles. The molecular formula is C23H32N4O2. The summed E-state index contributed by atoms with van der Waals surface area (Å²) in [5, 5.41) is 5.72. The molecule has 0 aliphatic heterocycles. The Hall–Kier alpha value is -3.02. The molecule has 0 atom stereocenters. The van der Waals surface area contributed by atoms with Gasteiger partial charge in [-0.15, -0.1) is 0 Å². The number of likely N-dealkylation sites (N-methyl/N-ethyl adjacent to an activating group) is 1. The fourth-order valence-electron chi connectivity index (χ4n) is 3.06. The largest absolute Gasteiger partial charge is 0.370 e. The van der Waals surface area contributed by atoms with Gasteiger partial charge >= 0.3 is 6.03 Å². The van der Waals surface area contributed by atoms with Gasteiger partial charge in [-0.25, -0.2) is 4.79 Å². The zero-order chi connectivity index (χ0) is 21.1. The summed E-state index contributed by atoms with van der Waals surface area (Å²) >= 11 is 0. The Morgan fingerprint density at radius 1 is 0.966 bits per heavy atom. The average Bonchev–Trinajstić information content (AvgIpc) is 2.72. The molecule has 0 radical (unpaired) electrons. The lowest BCUT2D eigenvalue weighted by Crippen LogP contribution is -2.39.